The van der Waals surface area contributed by atoms with E-state index in [-0.39, 0.29) is 5.91 Å². The van der Waals surface area contributed by atoms with Crippen LogP contribution in [0.2, 0.25) is 0 Å². The topological polar surface area (TPSA) is 56.0 Å². The van der Waals surface area contributed by atoms with Gasteiger partial charge in [0, 0.05) is 50.3 Å². The molecular formula is C18H21N5OS. The van der Waals surface area contributed by atoms with Crippen molar-refractivity contribution in [2.24, 2.45) is 7.05 Å². The molecule has 0 aromatic carbocycles. The Bertz CT molecular complexity index is 871. The van der Waals surface area contributed by atoms with Crippen LogP contribution in [-0.2, 0) is 7.05 Å². The van der Waals surface area contributed by atoms with Crippen molar-refractivity contribution in [1.82, 2.24) is 24.0 Å². The third-order valence-corrected chi connectivity index (χ3v) is 6.02. The van der Waals surface area contributed by atoms with Crippen LogP contribution in [0.1, 0.15) is 39.8 Å². The number of hydrogen-bond acceptors (Lipinski definition) is 4. The summed E-state index contributed by atoms with van der Waals surface area (Å²) in [7, 11) is 2.03. The normalized spacial score (nSPS) is 15.7. The van der Waals surface area contributed by atoms with Gasteiger partial charge < -0.3 is 14.0 Å². The van der Waals surface area contributed by atoms with Crippen LogP contribution in [0.5, 0.6) is 0 Å². The van der Waals surface area contributed by atoms with E-state index in [4.69, 9.17) is 0 Å². The Morgan fingerprint density at radius 2 is 1.96 bits per heavy atom. The fourth-order valence-corrected chi connectivity index (χ4v) is 4.44. The monoisotopic (exact) mass is 355 g/mol. The van der Waals surface area contributed by atoms with Crippen molar-refractivity contribution >= 4 is 17.2 Å². The minimum Gasteiger partial charge on any atom is -0.338 e. The Balaban J connectivity index is 1.47. The number of thiazole rings is 1. The largest absolute Gasteiger partial charge is 0.338 e. The summed E-state index contributed by atoms with van der Waals surface area (Å²) >= 11 is 1.47. The SMILES string of the molecule is Cc1nc(-n2cccc2)sc1C(=O)N1CCC(c2cncn2C)CC1. The van der Waals surface area contributed by atoms with E-state index in [1.807, 2.05) is 60.5 Å². The number of aromatic nitrogens is 4. The number of hydrogen-bond donors (Lipinski definition) is 0. The van der Waals surface area contributed by atoms with Crippen molar-refractivity contribution < 1.29 is 4.79 Å². The fraction of sp³-hybridized carbons (Fsp3) is 0.389. The van der Waals surface area contributed by atoms with Crippen molar-refractivity contribution in [3.8, 4) is 5.13 Å². The number of nitrogens with zero attached hydrogens (tertiary/aromatic N) is 5. The summed E-state index contributed by atoms with van der Waals surface area (Å²) in [5, 5.41) is 0.843. The molecule has 0 unspecified atom stereocenters. The van der Waals surface area contributed by atoms with Crippen LogP contribution in [0.3, 0.4) is 0 Å². The van der Waals surface area contributed by atoms with Crippen LogP contribution >= 0.6 is 11.3 Å². The van der Waals surface area contributed by atoms with Crippen molar-refractivity contribution in [2.75, 3.05) is 13.1 Å². The Kier molecular flexibility index (Phi) is 4.17. The summed E-state index contributed by atoms with van der Waals surface area (Å²) in [4.78, 5) is 24.4. The summed E-state index contributed by atoms with van der Waals surface area (Å²) < 4.78 is 4.03. The number of amides is 1. The second kappa shape index (κ2) is 6.48. The number of likely N-dealkylation sites (tertiary alicyclic amines) is 1. The Hall–Kier alpha value is -2.41. The molecule has 130 valence electrons. The molecule has 3 aromatic rings. The van der Waals surface area contributed by atoms with E-state index in [1.165, 1.54) is 17.0 Å². The standard InChI is InChI=1S/C18H21N5OS/c1-13-16(25-18(20-13)23-7-3-4-8-23)17(24)22-9-5-14(6-10-22)15-11-19-12-21(15)2/h3-4,7-8,11-12,14H,5-6,9-10H2,1-2H3. The van der Waals surface area contributed by atoms with Crippen molar-refractivity contribution in [3.05, 3.63) is 53.3 Å². The smallest absolute Gasteiger partial charge is 0.265 e. The summed E-state index contributed by atoms with van der Waals surface area (Å²) in [5.74, 6) is 0.589. The number of aryl methyl sites for hydroxylation is 2. The van der Waals surface area contributed by atoms with Gasteiger partial charge in [0.25, 0.3) is 5.91 Å². The molecule has 7 heteroatoms. The van der Waals surface area contributed by atoms with E-state index in [2.05, 4.69) is 14.5 Å². The van der Waals surface area contributed by atoms with Crippen LogP contribution in [0.15, 0.2) is 37.1 Å². The summed E-state index contributed by atoms with van der Waals surface area (Å²) in [6, 6.07) is 3.92. The van der Waals surface area contributed by atoms with Crippen molar-refractivity contribution in [2.45, 2.75) is 25.7 Å². The number of imidazole rings is 1. The summed E-state index contributed by atoms with van der Waals surface area (Å²) in [5.41, 5.74) is 2.07. The zero-order valence-electron chi connectivity index (χ0n) is 14.4. The molecular weight excluding hydrogens is 334 g/mol. The lowest BCUT2D eigenvalue weighted by Crippen LogP contribution is -2.38. The molecule has 1 amide bonds. The predicted molar refractivity (Wildman–Crippen MR) is 97.3 cm³/mol. The molecule has 1 aliphatic rings. The van der Waals surface area contributed by atoms with E-state index >= 15 is 0 Å². The molecule has 0 saturated carbocycles. The first-order valence-electron chi connectivity index (χ1n) is 8.49. The number of rotatable bonds is 3. The minimum absolute atomic E-state index is 0.108. The van der Waals surface area contributed by atoms with E-state index < -0.39 is 0 Å². The Morgan fingerprint density at radius 1 is 1.24 bits per heavy atom. The number of piperidine rings is 1. The zero-order chi connectivity index (χ0) is 17.4. The van der Waals surface area contributed by atoms with Gasteiger partial charge in [0.1, 0.15) is 4.88 Å². The molecule has 4 heterocycles. The van der Waals surface area contributed by atoms with Crippen molar-refractivity contribution in [3.63, 3.8) is 0 Å². The fourth-order valence-electron chi connectivity index (χ4n) is 3.44. The lowest BCUT2D eigenvalue weighted by atomic mass is 9.93. The number of carbonyl (C=O) groups is 1. The molecule has 1 fully saturated rings. The van der Waals surface area contributed by atoms with Gasteiger partial charge in [0.15, 0.2) is 5.13 Å². The van der Waals surface area contributed by atoms with Crippen molar-refractivity contribution in [1.29, 1.82) is 0 Å². The van der Waals surface area contributed by atoms with E-state index in [0.717, 1.165) is 41.6 Å². The first-order chi connectivity index (χ1) is 12.1. The minimum atomic E-state index is 0.108. The van der Waals surface area contributed by atoms with Gasteiger partial charge in [0.2, 0.25) is 0 Å². The molecule has 0 atom stereocenters. The molecule has 1 saturated heterocycles. The van der Waals surface area contributed by atoms with Gasteiger partial charge in [-0.1, -0.05) is 11.3 Å². The summed E-state index contributed by atoms with van der Waals surface area (Å²) in [6.45, 7) is 3.48. The van der Waals surface area contributed by atoms with Crippen LogP contribution < -0.4 is 0 Å². The molecule has 6 nitrogen and oxygen atoms in total. The predicted octanol–water partition coefficient (Wildman–Crippen LogP) is 3.00. The van der Waals surface area contributed by atoms with Crippen LogP contribution in [0.4, 0.5) is 0 Å². The maximum atomic E-state index is 12.9. The quantitative estimate of drug-likeness (QED) is 0.726. The highest BCUT2D eigenvalue weighted by molar-refractivity contribution is 7.16. The second-order valence-electron chi connectivity index (χ2n) is 6.50. The zero-order valence-corrected chi connectivity index (χ0v) is 15.2. The lowest BCUT2D eigenvalue weighted by molar-refractivity contribution is 0.0715. The third kappa shape index (κ3) is 3.00. The molecule has 0 radical (unpaired) electrons. The van der Waals surface area contributed by atoms with Gasteiger partial charge in [-0.05, 0) is 31.9 Å². The highest BCUT2D eigenvalue weighted by Crippen LogP contribution is 2.30. The first kappa shape index (κ1) is 16.1. The van der Waals surface area contributed by atoms with Gasteiger partial charge in [-0.3, -0.25) is 4.79 Å². The molecule has 4 rings (SSSR count). The van der Waals surface area contributed by atoms with Gasteiger partial charge in [-0.2, -0.15) is 0 Å². The maximum Gasteiger partial charge on any atom is 0.265 e. The highest BCUT2D eigenvalue weighted by Gasteiger charge is 2.28. The average Bonchev–Trinajstić information content (AvgIpc) is 3.35. The van der Waals surface area contributed by atoms with Gasteiger partial charge in [0.05, 0.1) is 12.0 Å². The molecule has 0 bridgehead atoms. The van der Waals surface area contributed by atoms with Crippen LogP contribution in [0, 0.1) is 6.92 Å². The lowest BCUT2D eigenvalue weighted by Gasteiger charge is -2.31. The first-order valence-corrected chi connectivity index (χ1v) is 9.31. The van der Waals surface area contributed by atoms with E-state index in [0.29, 0.717) is 5.92 Å². The Morgan fingerprint density at radius 3 is 2.60 bits per heavy atom. The third-order valence-electron chi connectivity index (χ3n) is 4.86. The summed E-state index contributed by atoms with van der Waals surface area (Å²) in [6.07, 6.45) is 9.65. The van der Waals surface area contributed by atoms with Crippen LogP contribution in [-0.4, -0.2) is 43.0 Å². The van der Waals surface area contributed by atoms with E-state index in [1.54, 1.807) is 0 Å². The molecule has 1 aliphatic heterocycles. The maximum absolute atomic E-state index is 12.9. The van der Waals surface area contributed by atoms with Gasteiger partial charge in [-0.15, -0.1) is 0 Å². The van der Waals surface area contributed by atoms with E-state index in [9.17, 15) is 4.79 Å². The molecule has 0 spiro atoms. The second-order valence-corrected chi connectivity index (χ2v) is 7.47. The molecule has 0 aliphatic carbocycles. The Labute approximate surface area is 150 Å². The average molecular weight is 355 g/mol. The molecule has 0 N–H and O–H groups in total. The number of carbonyl (C=O) groups excluding carboxylic acids is 1. The van der Waals surface area contributed by atoms with Gasteiger partial charge in [-0.25, -0.2) is 9.97 Å². The molecule has 3 aromatic heterocycles. The highest BCUT2D eigenvalue weighted by atomic mass is 32.1. The van der Waals surface area contributed by atoms with Crippen LogP contribution in [0.25, 0.3) is 5.13 Å². The van der Waals surface area contributed by atoms with Gasteiger partial charge >= 0.3 is 0 Å². The molecule has 25 heavy (non-hydrogen) atoms.